The molecule has 1 aliphatic heterocycles. The number of carbonyl (C=O) groups is 1. The molecule has 1 saturated heterocycles. The molecule has 0 aliphatic carbocycles. The number of hydrogen-bond acceptors (Lipinski definition) is 3. The van der Waals surface area contributed by atoms with E-state index < -0.39 is 0 Å². The standard InChI is InChI=1S/C16H25N3O/c20-16(18-13-15-7-2-1-3-8-15)14-17-9-6-12-19-10-4-5-11-19/h1-3,7-8,17H,4-6,9-14H2,(H,18,20). The molecule has 1 aromatic rings. The van der Waals surface area contributed by atoms with Gasteiger partial charge in [0.15, 0.2) is 0 Å². The van der Waals surface area contributed by atoms with Gasteiger partial charge in [0.1, 0.15) is 0 Å². The number of carbonyl (C=O) groups excluding carboxylic acids is 1. The Hall–Kier alpha value is -1.39. The molecule has 1 aromatic carbocycles. The summed E-state index contributed by atoms with van der Waals surface area (Å²) >= 11 is 0. The Balaban J connectivity index is 1.47. The quantitative estimate of drug-likeness (QED) is 0.705. The zero-order valence-corrected chi connectivity index (χ0v) is 12.1. The van der Waals surface area contributed by atoms with Crippen molar-refractivity contribution >= 4 is 5.91 Å². The van der Waals surface area contributed by atoms with Crippen LogP contribution in [-0.2, 0) is 11.3 Å². The summed E-state index contributed by atoms with van der Waals surface area (Å²) < 4.78 is 0. The monoisotopic (exact) mass is 275 g/mol. The average Bonchev–Trinajstić information content (AvgIpc) is 2.99. The van der Waals surface area contributed by atoms with Crippen molar-refractivity contribution in [3.05, 3.63) is 35.9 Å². The van der Waals surface area contributed by atoms with Gasteiger partial charge in [-0.25, -0.2) is 0 Å². The number of benzene rings is 1. The van der Waals surface area contributed by atoms with E-state index in [9.17, 15) is 4.79 Å². The van der Waals surface area contributed by atoms with Crippen molar-refractivity contribution in [3.8, 4) is 0 Å². The van der Waals surface area contributed by atoms with E-state index in [1.165, 1.54) is 25.9 Å². The molecule has 1 heterocycles. The lowest BCUT2D eigenvalue weighted by Gasteiger charge is -2.14. The molecule has 0 radical (unpaired) electrons. The van der Waals surface area contributed by atoms with Crippen molar-refractivity contribution in [1.29, 1.82) is 0 Å². The summed E-state index contributed by atoms with van der Waals surface area (Å²) in [5.74, 6) is 0.0648. The van der Waals surface area contributed by atoms with Crippen LogP contribution in [0.5, 0.6) is 0 Å². The number of nitrogens with zero attached hydrogens (tertiary/aromatic N) is 1. The Morgan fingerprint density at radius 1 is 1.15 bits per heavy atom. The van der Waals surface area contributed by atoms with Gasteiger partial charge in [0.05, 0.1) is 6.54 Å². The number of nitrogens with one attached hydrogen (secondary N) is 2. The zero-order chi connectivity index (χ0) is 14.0. The van der Waals surface area contributed by atoms with Gasteiger partial charge in [0.2, 0.25) is 5.91 Å². The molecule has 1 aliphatic rings. The molecule has 2 rings (SSSR count). The van der Waals surface area contributed by atoms with Crippen LogP contribution in [0.15, 0.2) is 30.3 Å². The molecule has 2 N–H and O–H groups in total. The Morgan fingerprint density at radius 3 is 2.65 bits per heavy atom. The second-order valence-corrected chi connectivity index (χ2v) is 5.34. The van der Waals surface area contributed by atoms with Gasteiger partial charge >= 0.3 is 0 Å². The van der Waals surface area contributed by atoms with Crippen LogP contribution in [-0.4, -0.2) is 43.5 Å². The Labute approximate surface area is 121 Å². The minimum atomic E-state index is 0.0648. The minimum Gasteiger partial charge on any atom is -0.351 e. The van der Waals surface area contributed by atoms with Crippen LogP contribution in [0.3, 0.4) is 0 Å². The van der Waals surface area contributed by atoms with E-state index in [0.29, 0.717) is 13.1 Å². The highest BCUT2D eigenvalue weighted by Gasteiger charge is 2.10. The molecule has 0 saturated carbocycles. The maximum Gasteiger partial charge on any atom is 0.234 e. The predicted molar refractivity (Wildman–Crippen MR) is 81.4 cm³/mol. The fraction of sp³-hybridized carbons (Fsp3) is 0.562. The van der Waals surface area contributed by atoms with Crippen LogP contribution in [0.2, 0.25) is 0 Å². The van der Waals surface area contributed by atoms with Crippen LogP contribution >= 0.6 is 0 Å². The van der Waals surface area contributed by atoms with E-state index in [2.05, 4.69) is 15.5 Å². The van der Waals surface area contributed by atoms with Crippen molar-refractivity contribution in [2.75, 3.05) is 32.7 Å². The smallest absolute Gasteiger partial charge is 0.234 e. The predicted octanol–water partition coefficient (Wildman–Crippen LogP) is 1.38. The van der Waals surface area contributed by atoms with Crippen molar-refractivity contribution in [1.82, 2.24) is 15.5 Å². The van der Waals surface area contributed by atoms with Gasteiger partial charge in [-0.05, 0) is 51.0 Å². The number of likely N-dealkylation sites (tertiary alicyclic amines) is 1. The Bertz CT molecular complexity index is 388. The van der Waals surface area contributed by atoms with Crippen LogP contribution in [0.1, 0.15) is 24.8 Å². The van der Waals surface area contributed by atoms with Gasteiger partial charge in [-0.2, -0.15) is 0 Å². The number of hydrogen-bond donors (Lipinski definition) is 2. The average molecular weight is 275 g/mol. The van der Waals surface area contributed by atoms with Gasteiger partial charge in [-0.1, -0.05) is 30.3 Å². The highest BCUT2D eigenvalue weighted by atomic mass is 16.1. The second-order valence-electron chi connectivity index (χ2n) is 5.34. The second kappa shape index (κ2) is 8.72. The van der Waals surface area contributed by atoms with E-state index in [1.807, 2.05) is 30.3 Å². The molecule has 0 unspecified atom stereocenters. The number of rotatable bonds is 8. The van der Waals surface area contributed by atoms with Gasteiger partial charge in [-0.3, -0.25) is 4.79 Å². The van der Waals surface area contributed by atoms with Crippen molar-refractivity contribution in [2.45, 2.75) is 25.8 Å². The summed E-state index contributed by atoms with van der Waals surface area (Å²) in [7, 11) is 0. The first-order valence-electron chi connectivity index (χ1n) is 7.58. The fourth-order valence-corrected chi connectivity index (χ4v) is 2.49. The highest BCUT2D eigenvalue weighted by molar-refractivity contribution is 5.77. The lowest BCUT2D eigenvalue weighted by Crippen LogP contribution is -2.34. The van der Waals surface area contributed by atoms with Gasteiger partial charge in [0, 0.05) is 6.54 Å². The highest BCUT2D eigenvalue weighted by Crippen LogP contribution is 2.06. The fourth-order valence-electron chi connectivity index (χ4n) is 2.49. The van der Waals surface area contributed by atoms with Crippen LogP contribution < -0.4 is 10.6 Å². The zero-order valence-electron chi connectivity index (χ0n) is 12.1. The molecule has 4 heteroatoms. The number of amides is 1. The molecule has 0 aromatic heterocycles. The summed E-state index contributed by atoms with van der Waals surface area (Å²) in [6.45, 7) is 5.57. The molecule has 4 nitrogen and oxygen atoms in total. The molecule has 110 valence electrons. The maximum atomic E-state index is 11.7. The van der Waals surface area contributed by atoms with Crippen molar-refractivity contribution < 1.29 is 4.79 Å². The normalized spacial score (nSPS) is 15.4. The van der Waals surface area contributed by atoms with Gasteiger partial charge in [-0.15, -0.1) is 0 Å². The van der Waals surface area contributed by atoms with Crippen molar-refractivity contribution in [2.24, 2.45) is 0 Å². The third-order valence-electron chi connectivity index (χ3n) is 3.64. The summed E-state index contributed by atoms with van der Waals surface area (Å²) in [5, 5.41) is 6.13. The maximum absolute atomic E-state index is 11.7. The van der Waals surface area contributed by atoms with Gasteiger partial charge < -0.3 is 15.5 Å². The lowest BCUT2D eigenvalue weighted by molar-refractivity contribution is -0.120. The molecule has 1 amide bonds. The molecular weight excluding hydrogens is 250 g/mol. The van der Waals surface area contributed by atoms with Gasteiger partial charge in [0.25, 0.3) is 0 Å². The first-order valence-corrected chi connectivity index (χ1v) is 7.58. The van der Waals surface area contributed by atoms with Crippen LogP contribution in [0.4, 0.5) is 0 Å². The molecule has 20 heavy (non-hydrogen) atoms. The minimum absolute atomic E-state index is 0.0648. The van der Waals surface area contributed by atoms with Crippen LogP contribution in [0, 0.1) is 0 Å². The largest absolute Gasteiger partial charge is 0.351 e. The third kappa shape index (κ3) is 5.72. The molecule has 0 atom stereocenters. The SMILES string of the molecule is O=C(CNCCCN1CCCC1)NCc1ccccc1. The van der Waals surface area contributed by atoms with E-state index in [1.54, 1.807) is 0 Å². The van der Waals surface area contributed by atoms with E-state index in [0.717, 1.165) is 25.1 Å². The molecular formula is C16H25N3O. The summed E-state index contributed by atoms with van der Waals surface area (Å²) in [5.41, 5.74) is 1.13. The lowest BCUT2D eigenvalue weighted by atomic mass is 10.2. The summed E-state index contributed by atoms with van der Waals surface area (Å²) in [6, 6.07) is 9.98. The van der Waals surface area contributed by atoms with E-state index >= 15 is 0 Å². The van der Waals surface area contributed by atoms with Crippen molar-refractivity contribution in [3.63, 3.8) is 0 Å². The molecule has 1 fully saturated rings. The summed E-state index contributed by atoms with van der Waals surface area (Å²) in [6.07, 6.45) is 3.80. The third-order valence-corrected chi connectivity index (χ3v) is 3.64. The first kappa shape index (κ1) is 15.0. The van der Waals surface area contributed by atoms with Crippen LogP contribution in [0.25, 0.3) is 0 Å². The van der Waals surface area contributed by atoms with E-state index in [4.69, 9.17) is 0 Å². The first-order chi connectivity index (χ1) is 9.84. The Kier molecular flexibility index (Phi) is 6.54. The molecule has 0 spiro atoms. The Morgan fingerprint density at radius 2 is 1.90 bits per heavy atom. The topological polar surface area (TPSA) is 44.4 Å². The van der Waals surface area contributed by atoms with E-state index in [-0.39, 0.29) is 5.91 Å². The molecule has 0 bridgehead atoms. The summed E-state index contributed by atoms with van der Waals surface area (Å²) in [4.78, 5) is 14.1.